The number of hydrogen-bond donors (Lipinski definition) is 1. The highest BCUT2D eigenvalue weighted by Gasteiger charge is 1.99. The van der Waals surface area contributed by atoms with Crippen molar-refractivity contribution in [2.24, 2.45) is 5.73 Å². The fourth-order valence-electron chi connectivity index (χ4n) is 1.24. The molecular weight excluding hydrogens is 284 g/mol. The lowest BCUT2D eigenvalue weighted by atomic mass is 10.3. The van der Waals surface area contributed by atoms with Crippen LogP contribution in [-0.2, 0) is 6.54 Å². The first-order valence-corrected chi connectivity index (χ1v) is 6.47. The number of hydrogen-bond acceptors (Lipinski definition) is 3. The fraction of sp³-hybridized carbons (Fsp3) is 0.0833. The summed E-state index contributed by atoms with van der Waals surface area (Å²) in [7, 11) is 0. The first kappa shape index (κ1) is 11.6. The van der Waals surface area contributed by atoms with Crippen molar-refractivity contribution in [3.05, 3.63) is 52.6 Å². The molecule has 1 aromatic heterocycles. The van der Waals surface area contributed by atoms with Gasteiger partial charge >= 0.3 is 0 Å². The smallest absolute Gasteiger partial charge is 0.101 e. The van der Waals surface area contributed by atoms with Gasteiger partial charge in [-0.05, 0) is 29.8 Å². The molecule has 2 rings (SSSR count). The average Bonchev–Trinajstić information content (AvgIpc) is 2.30. The van der Waals surface area contributed by atoms with E-state index in [2.05, 4.69) is 33.0 Å². The molecule has 0 fully saturated rings. The summed E-state index contributed by atoms with van der Waals surface area (Å²) in [5, 5.41) is 0.982. The Hall–Kier alpha value is -0.840. The molecule has 4 heteroatoms. The Kier molecular flexibility index (Phi) is 3.98. The first-order chi connectivity index (χ1) is 7.78. The zero-order chi connectivity index (χ0) is 11.4. The molecule has 82 valence electrons. The van der Waals surface area contributed by atoms with Crippen LogP contribution in [0.3, 0.4) is 0 Å². The molecule has 1 heterocycles. The quantitative estimate of drug-likeness (QED) is 0.942. The number of benzene rings is 1. The van der Waals surface area contributed by atoms with E-state index in [0.717, 1.165) is 15.1 Å². The third-order valence-electron chi connectivity index (χ3n) is 2.05. The molecule has 2 nitrogen and oxygen atoms in total. The number of pyridine rings is 1. The zero-order valence-electron chi connectivity index (χ0n) is 8.56. The number of nitrogens with zero attached hydrogens (tertiary/aromatic N) is 1. The van der Waals surface area contributed by atoms with Gasteiger partial charge in [0.15, 0.2) is 0 Å². The SMILES string of the molecule is NCc1ccc(Sc2cccc(Br)c2)nc1. The average molecular weight is 295 g/mol. The largest absolute Gasteiger partial charge is 0.326 e. The van der Waals surface area contributed by atoms with Crippen LogP contribution in [0.25, 0.3) is 0 Å². The van der Waals surface area contributed by atoms with Crippen LogP contribution in [0.2, 0.25) is 0 Å². The molecular formula is C12H11BrN2S. The minimum Gasteiger partial charge on any atom is -0.326 e. The van der Waals surface area contributed by atoms with Crippen molar-refractivity contribution >= 4 is 27.7 Å². The third kappa shape index (κ3) is 3.07. The van der Waals surface area contributed by atoms with Crippen LogP contribution in [0, 0.1) is 0 Å². The molecule has 0 saturated carbocycles. The van der Waals surface area contributed by atoms with Gasteiger partial charge in [-0.2, -0.15) is 0 Å². The first-order valence-electron chi connectivity index (χ1n) is 4.86. The molecule has 2 aromatic rings. The van der Waals surface area contributed by atoms with Crippen LogP contribution in [0.5, 0.6) is 0 Å². The van der Waals surface area contributed by atoms with Gasteiger partial charge in [-0.3, -0.25) is 0 Å². The van der Waals surface area contributed by atoms with E-state index in [0.29, 0.717) is 6.54 Å². The van der Waals surface area contributed by atoms with Gasteiger partial charge in [0, 0.05) is 22.1 Å². The fourth-order valence-corrected chi connectivity index (χ4v) is 2.61. The molecule has 0 atom stereocenters. The molecule has 16 heavy (non-hydrogen) atoms. The molecule has 0 saturated heterocycles. The summed E-state index contributed by atoms with van der Waals surface area (Å²) in [5.41, 5.74) is 6.57. The summed E-state index contributed by atoms with van der Waals surface area (Å²) in [6.45, 7) is 0.537. The molecule has 1 aromatic carbocycles. The van der Waals surface area contributed by atoms with Crippen molar-refractivity contribution in [2.45, 2.75) is 16.5 Å². The van der Waals surface area contributed by atoms with Gasteiger partial charge < -0.3 is 5.73 Å². The number of nitrogens with two attached hydrogens (primary N) is 1. The van der Waals surface area contributed by atoms with Crippen molar-refractivity contribution < 1.29 is 0 Å². The predicted molar refractivity (Wildman–Crippen MR) is 70.4 cm³/mol. The predicted octanol–water partition coefficient (Wildman–Crippen LogP) is 3.45. The maximum Gasteiger partial charge on any atom is 0.101 e. The molecule has 0 spiro atoms. The van der Waals surface area contributed by atoms with E-state index < -0.39 is 0 Å². The lowest BCUT2D eigenvalue weighted by Crippen LogP contribution is -1.96. The van der Waals surface area contributed by atoms with Gasteiger partial charge in [0.05, 0.1) is 0 Å². The highest BCUT2D eigenvalue weighted by atomic mass is 79.9. The Morgan fingerprint density at radius 3 is 2.75 bits per heavy atom. The van der Waals surface area contributed by atoms with Crippen molar-refractivity contribution in [1.82, 2.24) is 4.98 Å². The summed E-state index contributed by atoms with van der Waals surface area (Å²) in [5.74, 6) is 0. The van der Waals surface area contributed by atoms with E-state index in [9.17, 15) is 0 Å². The molecule has 0 aliphatic heterocycles. The summed E-state index contributed by atoms with van der Waals surface area (Å²) >= 11 is 5.09. The maximum atomic E-state index is 5.52. The standard InChI is InChI=1S/C12H11BrN2S/c13-10-2-1-3-11(6-10)16-12-5-4-9(7-14)8-15-12/h1-6,8H,7,14H2. The maximum absolute atomic E-state index is 5.52. The molecule has 0 bridgehead atoms. The molecule has 0 amide bonds. The van der Waals surface area contributed by atoms with E-state index >= 15 is 0 Å². The number of rotatable bonds is 3. The van der Waals surface area contributed by atoms with Crippen LogP contribution >= 0.6 is 27.7 Å². The normalized spacial score (nSPS) is 10.4. The lowest BCUT2D eigenvalue weighted by molar-refractivity contribution is 1.01. The highest BCUT2D eigenvalue weighted by Crippen LogP contribution is 2.27. The van der Waals surface area contributed by atoms with Crippen molar-refractivity contribution in [2.75, 3.05) is 0 Å². The summed E-state index contributed by atoms with van der Waals surface area (Å²) in [6.07, 6.45) is 1.82. The van der Waals surface area contributed by atoms with Crippen molar-refractivity contribution in [1.29, 1.82) is 0 Å². The van der Waals surface area contributed by atoms with E-state index in [1.54, 1.807) is 11.8 Å². The topological polar surface area (TPSA) is 38.9 Å². The Morgan fingerprint density at radius 1 is 1.25 bits per heavy atom. The minimum absolute atomic E-state index is 0.537. The van der Waals surface area contributed by atoms with Crippen LogP contribution in [0.15, 0.2) is 57.0 Å². The van der Waals surface area contributed by atoms with Gasteiger partial charge in [-0.1, -0.05) is 39.8 Å². The highest BCUT2D eigenvalue weighted by molar-refractivity contribution is 9.10. The van der Waals surface area contributed by atoms with Crippen LogP contribution in [-0.4, -0.2) is 4.98 Å². The zero-order valence-corrected chi connectivity index (χ0v) is 11.0. The van der Waals surface area contributed by atoms with Gasteiger partial charge in [-0.15, -0.1) is 0 Å². The lowest BCUT2D eigenvalue weighted by Gasteiger charge is -2.02. The van der Waals surface area contributed by atoms with Crippen LogP contribution in [0.4, 0.5) is 0 Å². The van der Waals surface area contributed by atoms with Gasteiger partial charge in [-0.25, -0.2) is 4.98 Å². The molecule has 2 N–H and O–H groups in total. The molecule has 0 radical (unpaired) electrons. The number of aromatic nitrogens is 1. The van der Waals surface area contributed by atoms with Crippen molar-refractivity contribution in [3.63, 3.8) is 0 Å². The van der Waals surface area contributed by atoms with E-state index in [1.165, 1.54) is 4.90 Å². The van der Waals surface area contributed by atoms with Gasteiger partial charge in [0.2, 0.25) is 0 Å². The molecule has 0 aliphatic carbocycles. The van der Waals surface area contributed by atoms with Gasteiger partial charge in [0.25, 0.3) is 0 Å². The summed E-state index contributed by atoms with van der Waals surface area (Å²) in [6, 6.07) is 12.2. The van der Waals surface area contributed by atoms with E-state index in [1.807, 2.05) is 30.5 Å². The van der Waals surface area contributed by atoms with Crippen molar-refractivity contribution in [3.8, 4) is 0 Å². The van der Waals surface area contributed by atoms with Crippen LogP contribution < -0.4 is 5.73 Å². The van der Waals surface area contributed by atoms with Crippen LogP contribution in [0.1, 0.15) is 5.56 Å². The monoisotopic (exact) mass is 294 g/mol. The minimum atomic E-state index is 0.537. The summed E-state index contributed by atoms with van der Waals surface area (Å²) in [4.78, 5) is 5.51. The Labute approximate surface area is 107 Å². The third-order valence-corrected chi connectivity index (χ3v) is 3.49. The Morgan fingerprint density at radius 2 is 2.12 bits per heavy atom. The second kappa shape index (κ2) is 5.48. The van der Waals surface area contributed by atoms with E-state index in [4.69, 9.17) is 5.73 Å². The Bertz CT molecular complexity index is 471. The summed E-state index contributed by atoms with van der Waals surface area (Å²) < 4.78 is 1.08. The number of halogens is 1. The van der Waals surface area contributed by atoms with E-state index in [-0.39, 0.29) is 0 Å². The Balaban J connectivity index is 2.14. The second-order valence-corrected chi connectivity index (χ2v) is 5.28. The molecule has 0 unspecified atom stereocenters. The van der Waals surface area contributed by atoms with Gasteiger partial charge in [0.1, 0.15) is 5.03 Å². The molecule has 0 aliphatic rings. The second-order valence-electron chi connectivity index (χ2n) is 3.27.